The molecule has 0 saturated carbocycles. The molecule has 1 N–H and O–H groups in total. The van der Waals surface area contributed by atoms with E-state index in [1.807, 2.05) is 0 Å². The van der Waals surface area contributed by atoms with E-state index < -0.39 is 8.24 Å². The molecule has 0 bridgehead atoms. The van der Waals surface area contributed by atoms with Crippen molar-refractivity contribution >= 4 is 8.24 Å². The zero-order valence-electron chi connectivity index (χ0n) is 13.2. The van der Waals surface area contributed by atoms with Crippen molar-refractivity contribution in [3.8, 4) is 0 Å². The van der Waals surface area contributed by atoms with Gasteiger partial charge in [-0.1, -0.05) is 47.7 Å². The summed E-state index contributed by atoms with van der Waals surface area (Å²) in [5, 5.41) is 0.438. The summed E-state index contributed by atoms with van der Waals surface area (Å²) in [6, 6.07) is 0. The molecular formula is C14H34N2Si. The highest BCUT2D eigenvalue weighted by molar-refractivity contribution is 6.77. The van der Waals surface area contributed by atoms with Crippen molar-refractivity contribution in [3.63, 3.8) is 0 Å². The van der Waals surface area contributed by atoms with Gasteiger partial charge in [0.1, 0.15) is 8.24 Å². The van der Waals surface area contributed by atoms with Crippen LogP contribution in [0, 0.1) is 0 Å². The molecule has 0 rings (SSSR count). The number of nitrogens with zero attached hydrogens (tertiary/aromatic N) is 1. The summed E-state index contributed by atoms with van der Waals surface area (Å²) in [4.78, 5) is 6.43. The van der Waals surface area contributed by atoms with Crippen LogP contribution >= 0.6 is 0 Å². The van der Waals surface area contributed by atoms with Gasteiger partial charge < -0.3 is 9.88 Å². The molecule has 0 fully saturated rings. The highest BCUT2D eigenvalue weighted by Crippen LogP contribution is 2.33. The van der Waals surface area contributed by atoms with E-state index in [1.165, 1.54) is 32.5 Å². The molecule has 0 unspecified atom stereocenters. The maximum absolute atomic E-state index is 3.84. The molecule has 0 amide bonds. The van der Waals surface area contributed by atoms with E-state index >= 15 is 0 Å². The lowest BCUT2D eigenvalue weighted by molar-refractivity contribution is 0.278. The molecule has 0 aliphatic carbocycles. The Morgan fingerprint density at radius 3 is 1.76 bits per heavy atom. The Bertz CT molecular complexity index is 191. The van der Waals surface area contributed by atoms with Gasteiger partial charge in [-0.15, -0.1) is 0 Å². The predicted molar refractivity (Wildman–Crippen MR) is 82.2 cm³/mol. The third-order valence-corrected chi connectivity index (χ3v) is 8.83. The quantitative estimate of drug-likeness (QED) is 0.668. The van der Waals surface area contributed by atoms with Crippen molar-refractivity contribution in [1.29, 1.82) is 0 Å². The second-order valence-corrected chi connectivity index (χ2v) is 11.7. The summed E-state index contributed by atoms with van der Waals surface area (Å²) in [6.07, 6.45) is 2.53. The van der Waals surface area contributed by atoms with Crippen LogP contribution in [-0.4, -0.2) is 39.3 Å². The van der Waals surface area contributed by atoms with Crippen molar-refractivity contribution in [2.24, 2.45) is 0 Å². The largest absolute Gasteiger partial charge is 0.336 e. The van der Waals surface area contributed by atoms with Crippen LogP contribution in [0.5, 0.6) is 0 Å². The average Bonchev–Trinajstić information content (AvgIpc) is 2.16. The van der Waals surface area contributed by atoms with Gasteiger partial charge >= 0.3 is 0 Å². The van der Waals surface area contributed by atoms with Gasteiger partial charge in [0.25, 0.3) is 0 Å². The zero-order chi connectivity index (χ0) is 13.5. The van der Waals surface area contributed by atoms with Crippen molar-refractivity contribution in [1.82, 2.24) is 9.88 Å². The lowest BCUT2D eigenvalue weighted by Crippen LogP contribution is -2.54. The maximum Gasteiger partial charge on any atom is 0.124 e. The van der Waals surface area contributed by atoms with E-state index in [2.05, 4.69) is 57.6 Å². The van der Waals surface area contributed by atoms with Gasteiger partial charge in [0, 0.05) is 13.1 Å². The lowest BCUT2D eigenvalue weighted by Gasteiger charge is -2.38. The molecule has 0 aromatic rings. The van der Waals surface area contributed by atoms with Crippen molar-refractivity contribution < 1.29 is 0 Å². The summed E-state index contributed by atoms with van der Waals surface area (Å²) >= 11 is 0. The third-order valence-electron chi connectivity index (χ3n) is 3.95. The minimum absolute atomic E-state index is 0.438. The summed E-state index contributed by atoms with van der Waals surface area (Å²) in [7, 11) is -1.29. The molecule has 0 atom stereocenters. The topological polar surface area (TPSA) is 15.3 Å². The van der Waals surface area contributed by atoms with Gasteiger partial charge in [0.15, 0.2) is 0 Å². The Morgan fingerprint density at radius 1 is 0.941 bits per heavy atom. The van der Waals surface area contributed by atoms with Crippen LogP contribution in [-0.2, 0) is 0 Å². The Kier molecular flexibility index (Phi) is 7.61. The highest BCUT2D eigenvalue weighted by Gasteiger charge is 2.34. The number of rotatable bonds is 8. The SMILES string of the molecule is CCCN(CCC)CCN[Si](C)(C)C(C)(C)C. The van der Waals surface area contributed by atoms with Gasteiger partial charge in [-0.3, -0.25) is 0 Å². The molecule has 2 nitrogen and oxygen atoms in total. The maximum atomic E-state index is 3.84. The van der Waals surface area contributed by atoms with Crippen molar-refractivity contribution in [3.05, 3.63) is 0 Å². The molecule has 0 aliphatic heterocycles. The van der Waals surface area contributed by atoms with Crippen LogP contribution < -0.4 is 4.98 Å². The highest BCUT2D eigenvalue weighted by atomic mass is 28.3. The Hall–Kier alpha value is 0.137. The van der Waals surface area contributed by atoms with E-state index in [1.54, 1.807) is 0 Å². The van der Waals surface area contributed by atoms with Gasteiger partial charge in [0.2, 0.25) is 0 Å². The molecule has 0 heterocycles. The van der Waals surface area contributed by atoms with Crippen LogP contribution in [0.3, 0.4) is 0 Å². The second-order valence-electron chi connectivity index (χ2n) is 6.64. The first-order valence-corrected chi connectivity index (χ1v) is 10.2. The van der Waals surface area contributed by atoms with Crippen molar-refractivity contribution in [2.75, 3.05) is 26.2 Å². The molecule has 104 valence electrons. The van der Waals surface area contributed by atoms with E-state index in [0.717, 1.165) is 6.54 Å². The zero-order valence-corrected chi connectivity index (χ0v) is 14.2. The normalized spacial score (nSPS) is 13.4. The van der Waals surface area contributed by atoms with Gasteiger partial charge in [-0.25, -0.2) is 0 Å². The monoisotopic (exact) mass is 258 g/mol. The summed E-state index contributed by atoms with van der Waals surface area (Å²) < 4.78 is 0. The fourth-order valence-electron chi connectivity index (χ4n) is 1.76. The van der Waals surface area contributed by atoms with E-state index in [9.17, 15) is 0 Å². The van der Waals surface area contributed by atoms with Gasteiger partial charge in [-0.05, 0) is 31.0 Å². The third kappa shape index (κ3) is 6.58. The van der Waals surface area contributed by atoms with E-state index in [4.69, 9.17) is 0 Å². The van der Waals surface area contributed by atoms with Crippen LogP contribution in [0.25, 0.3) is 0 Å². The number of nitrogens with one attached hydrogen (secondary N) is 1. The molecule has 0 radical (unpaired) electrons. The molecule has 0 aromatic heterocycles. The van der Waals surface area contributed by atoms with Gasteiger partial charge in [-0.2, -0.15) is 0 Å². The first-order chi connectivity index (χ1) is 7.74. The minimum Gasteiger partial charge on any atom is -0.336 e. The summed E-state index contributed by atoms with van der Waals surface area (Å²) in [6.45, 7) is 21.3. The minimum atomic E-state index is -1.29. The van der Waals surface area contributed by atoms with Crippen LogP contribution in [0.4, 0.5) is 0 Å². The Morgan fingerprint density at radius 2 is 1.41 bits per heavy atom. The van der Waals surface area contributed by atoms with Crippen LogP contribution in [0.2, 0.25) is 18.1 Å². The Balaban J connectivity index is 4.03. The van der Waals surface area contributed by atoms with Crippen LogP contribution in [0.1, 0.15) is 47.5 Å². The smallest absolute Gasteiger partial charge is 0.124 e. The van der Waals surface area contributed by atoms with E-state index in [-0.39, 0.29) is 0 Å². The average molecular weight is 259 g/mol. The predicted octanol–water partition coefficient (Wildman–Crippen LogP) is 3.70. The summed E-state index contributed by atoms with van der Waals surface area (Å²) in [5.74, 6) is 0. The first-order valence-electron chi connectivity index (χ1n) is 7.22. The molecule has 0 saturated heterocycles. The molecule has 0 aromatic carbocycles. The number of hydrogen-bond acceptors (Lipinski definition) is 2. The molecular weight excluding hydrogens is 224 g/mol. The molecule has 0 spiro atoms. The Labute approximate surface area is 110 Å². The molecule has 17 heavy (non-hydrogen) atoms. The first kappa shape index (κ1) is 17.1. The second kappa shape index (κ2) is 7.55. The summed E-state index contributed by atoms with van der Waals surface area (Å²) in [5.41, 5.74) is 0. The lowest BCUT2D eigenvalue weighted by atomic mass is 10.2. The van der Waals surface area contributed by atoms with E-state index in [0.29, 0.717) is 5.04 Å². The van der Waals surface area contributed by atoms with Gasteiger partial charge in [0.05, 0.1) is 0 Å². The fraction of sp³-hybridized carbons (Fsp3) is 1.00. The number of hydrogen-bond donors (Lipinski definition) is 1. The van der Waals surface area contributed by atoms with Crippen molar-refractivity contribution in [2.45, 2.75) is 65.6 Å². The standard InChI is InChI=1S/C14H34N2Si/c1-8-11-16(12-9-2)13-10-15-17(6,7)14(3,4)5/h15H,8-13H2,1-7H3. The molecule has 0 aliphatic rings. The van der Waals surface area contributed by atoms with Crippen LogP contribution in [0.15, 0.2) is 0 Å². The fourth-order valence-corrected chi connectivity index (χ4v) is 3.03. The molecule has 3 heteroatoms.